The molecule has 166 valence electrons. The molecule has 6 nitrogen and oxygen atoms in total. The first kappa shape index (κ1) is 22.9. The van der Waals surface area contributed by atoms with Crippen molar-refractivity contribution in [2.24, 2.45) is 7.05 Å². The summed E-state index contributed by atoms with van der Waals surface area (Å²) in [6.07, 6.45) is 5.74. The summed E-state index contributed by atoms with van der Waals surface area (Å²) in [5.74, 6) is 0.758. The van der Waals surface area contributed by atoms with Gasteiger partial charge in [-0.15, -0.1) is 0 Å². The second-order valence-corrected chi connectivity index (χ2v) is 7.32. The minimum Gasteiger partial charge on any atom is -0.493 e. The van der Waals surface area contributed by atoms with E-state index in [0.29, 0.717) is 18.9 Å². The third-order valence-corrected chi connectivity index (χ3v) is 4.78. The second kappa shape index (κ2) is 11.6. The largest absolute Gasteiger partial charge is 0.493 e. The Morgan fingerprint density at radius 1 is 1.03 bits per heavy atom. The topological polar surface area (TPSA) is 69.6 Å². The maximum atomic E-state index is 12.4. The zero-order valence-electron chi connectivity index (χ0n) is 18.4. The van der Waals surface area contributed by atoms with Gasteiger partial charge in [0.05, 0.1) is 19.3 Å². The standard InChI is InChI=1S/C26H28N2O4/c1-3-15-31-24-12-8-7-11-21(24)13-14-26(30)27-17-22-16-23(29)25(18-28(22)2)32-19-20-9-5-4-6-10-20/h4-14,16,18H,3,15,17,19H2,1-2H3,(H,27,30)/b14-13+. The number of nitrogens with one attached hydrogen (secondary N) is 1. The number of carbonyl (C=O) groups excluding carboxylic acids is 1. The summed E-state index contributed by atoms with van der Waals surface area (Å²) < 4.78 is 13.1. The van der Waals surface area contributed by atoms with Crippen LogP contribution in [0.2, 0.25) is 0 Å². The smallest absolute Gasteiger partial charge is 0.244 e. The quantitative estimate of drug-likeness (QED) is 0.490. The van der Waals surface area contributed by atoms with E-state index in [-0.39, 0.29) is 23.6 Å². The van der Waals surface area contributed by atoms with Crippen LogP contribution < -0.4 is 20.2 Å². The van der Waals surface area contributed by atoms with Gasteiger partial charge in [0.2, 0.25) is 11.3 Å². The Kier molecular flexibility index (Phi) is 8.26. The van der Waals surface area contributed by atoms with E-state index >= 15 is 0 Å². The molecule has 0 unspecified atom stereocenters. The zero-order valence-corrected chi connectivity index (χ0v) is 18.4. The highest BCUT2D eigenvalue weighted by Crippen LogP contribution is 2.19. The van der Waals surface area contributed by atoms with Gasteiger partial charge >= 0.3 is 0 Å². The molecule has 32 heavy (non-hydrogen) atoms. The Balaban J connectivity index is 1.58. The molecule has 0 spiro atoms. The van der Waals surface area contributed by atoms with Gasteiger partial charge < -0.3 is 19.4 Å². The number of hydrogen-bond acceptors (Lipinski definition) is 4. The van der Waals surface area contributed by atoms with E-state index < -0.39 is 0 Å². The van der Waals surface area contributed by atoms with Crippen LogP contribution >= 0.6 is 0 Å². The highest BCUT2D eigenvalue weighted by molar-refractivity contribution is 5.92. The highest BCUT2D eigenvalue weighted by Gasteiger charge is 2.07. The third kappa shape index (κ3) is 6.60. The number of ether oxygens (including phenoxy) is 2. The number of aromatic nitrogens is 1. The first-order chi connectivity index (χ1) is 15.6. The molecular formula is C26H28N2O4. The number of aryl methyl sites for hydroxylation is 1. The lowest BCUT2D eigenvalue weighted by Crippen LogP contribution is -2.24. The van der Waals surface area contributed by atoms with E-state index in [1.54, 1.807) is 16.8 Å². The van der Waals surface area contributed by atoms with E-state index in [0.717, 1.165) is 23.3 Å². The number of carbonyl (C=O) groups is 1. The summed E-state index contributed by atoms with van der Waals surface area (Å²) in [7, 11) is 1.81. The van der Waals surface area contributed by atoms with Gasteiger partial charge in [0.1, 0.15) is 12.4 Å². The molecule has 0 saturated heterocycles. The van der Waals surface area contributed by atoms with E-state index in [1.165, 1.54) is 12.1 Å². The number of rotatable bonds is 10. The van der Waals surface area contributed by atoms with E-state index in [4.69, 9.17) is 9.47 Å². The van der Waals surface area contributed by atoms with Crippen LogP contribution in [0.1, 0.15) is 30.2 Å². The van der Waals surface area contributed by atoms with Crippen LogP contribution in [0, 0.1) is 0 Å². The van der Waals surface area contributed by atoms with Crippen LogP contribution in [0.5, 0.6) is 11.5 Å². The van der Waals surface area contributed by atoms with Gasteiger partial charge in [-0.1, -0.05) is 55.5 Å². The van der Waals surface area contributed by atoms with Gasteiger partial charge in [-0.05, 0) is 24.1 Å². The van der Waals surface area contributed by atoms with Gasteiger partial charge in [0.15, 0.2) is 5.75 Å². The van der Waals surface area contributed by atoms with Crippen LogP contribution in [0.4, 0.5) is 0 Å². The minimum absolute atomic E-state index is 0.221. The monoisotopic (exact) mass is 432 g/mol. The number of nitrogens with zero attached hydrogens (tertiary/aromatic N) is 1. The molecule has 6 heteroatoms. The predicted octanol–water partition coefficient (Wildman–Crippen LogP) is 4.08. The Morgan fingerprint density at radius 2 is 1.78 bits per heavy atom. The first-order valence-corrected chi connectivity index (χ1v) is 10.6. The summed E-state index contributed by atoms with van der Waals surface area (Å²) in [4.78, 5) is 24.7. The lowest BCUT2D eigenvalue weighted by atomic mass is 10.2. The molecule has 0 fully saturated rings. The summed E-state index contributed by atoms with van der Waals surface area (Å²) in [6, 6.07) is 18.7. The van der Waals surface area contributed by atoms with Crippen molar-refractivity contribution >= 4 is 12.0 Å². The molecule has 1 aromatic heterocycles. The summed E-state index contributed by atoms with van der Waals surface area (Å²) >= 11 is 0. The first-order valence-electron chi connectivity index (χ1n) is 10.6. The fourth-order valence-electron chi connectivity index (χ4n) is 3.03. The van der Waals surface area contributed by atoms with E-state index in [2.05, 4.69) is 5.32 Å². The SMILES string of the molecule is CCCOc1ccccc1/C=C/C(=O)NCc1cc(=O)c(OCc2ccccc2)cn1C. The molecule has 0 atom stereocenters. The average Bonchev–Trinajstić information content (AvgIpc) is 2.82. The minimum atomic E-state index is -0.257. The van der Waals surface area contributed by atoms with Crippen molar-refractivity contribution in [3.63, 3.8) is 0 Å². The van der Waals surface area contributed by atoms with Gasteiger partial charge in [-0.3, -0.25) is 9.59 Å². The van der Waals surface area contributed by atoms with Crippen molar-refractivity contribution in [1.29, 1.82) is 0 Å². The molecule has 0 aliphatic rings. The fourth-order valence-corrected chi connectivity index (χ4v) is 3.03. The molecule has 2 aromatic carbocycles. The van der Waals surface area contributed by atoms with Crippen molar-refractivity contribution in [3.8, 4) is 11.5 Å². The van der Waals surface area contributed by atoms with Crippen LogP contribution in [-0.2, 0) is 25.0 Å². The van der Waals surface area contributed by atoms with Gasteiger partial charge in [0.25, 0.3) is 0 Å². The molecule has 3 aromatic rings. The molecule has 1 heterocycles. The van der Waals surface area contributed by atoms with Gasteiger partial charge in [-0.25, -0.2) is 0 Å². The van der Waals surface area contributed by atoms with E-state index in [1.807, 2.05) is 68.6 Å². The maximum absolute atomic E-state index is 12.4. The number of pyridine rings is 1. The van der Waals surface area contributed by atoms with Crippen molar-refractivity contribution in [3.05, 3.63) is 100.0 Å². The Morgan fingerprint density at radius 3 is 2.56 bits per heavy atom. The van der Waals surface area contributed by atoms with Gasteiger partial charge in [0, 0.05) is 30.4 Å². The molecule has 0 aliphatic heterocycles. The maximum Gasteiger partial charge on any atom is 0.244 e. The number of hydrogen-bond donors (Lipinski definition) is 1. The fraction of sp³-hybridized carbons (Fsp3) is 0.231. The normalized spacial score (nSPS) is 10.8. The zero-order chi connectivity index (χ0) is 22.8. The lowest BCUT2D eigenvalue weighted by Gasteiger charge is -2.12. The molecule has 1 N–H and O–H groups in total. The lowest BCUT2D eigenvalue weighted by molar-refractivity contribution is -0.116. The van der Waals surface area contributed by atoms with Crippen molar-refractivity contribution in [1.82, 2.24) is 9.88 Å². The summed E-state index contributed by atoms with van der Waals surface area (Å²) in [5.41, 5.74) is 2.28. The van der Waals surface area contributed by atoms with Crippen LogP contribution in [0.3, 0.4) is 0 Å². The van der Waals surface area contributed by atoms with Crippen molar-refractivity contribution in [2.45, 2.75) is 26.5 Å². The Hall–Kier alpha value is -3.80. The molecule has 1 amide bonds. The van der Waals surface area contributed by atoms with Crippen molar-refractivity contribution in [2.75, 3.05) is 6.61 Å². The molecule has 0 aliphatic carbocycles. The Bertz CT molecular complexity index is 1120. The van der Waals surface area contributed by atoms with Crippen molar-refractivity contribution < 1.29 is 14.3 Å². The predicted molar refractivity (Wildman–Crippen MR) is 126 cm³/mol. The summed E-state index contributed by atoms with van der Waals surface area (Å²) in [5, 5.41) is 2.81. The number of benzene rings is 2. The summed E-state index contributed by atoms with van der Waals surface area (Å²) in [6.45, 7) is 3.21. The third-order valence-electron chi connectivity index (χ3n) is 4.78. The molecule has 3 rings (SSSR count). The molecule has 0 bridgehead atoms. The van der Waals surface area contributed by atoms with E-state index in [9.17, 15) is 9.59 Å². The van der Waals surface area contributed by atoms with Crippen LogP contribution in [0.25, 0.3) is 6.08 Å². The highest BCUT2D eigenvalue weighted by atomic mass is 16.5. The average molecular weight is 433 g/mol. The number of amides is 1. The van der Waals surface area contributed by atoms with Gasteiger partial charge in [-0.2, -0.15) is 0 Å². The van der Waals surface area contributed by atoms with Crippen LogP contribution in [-0.4, -0.2) is 17.1 Å². The second-order valence-electron chi connectivity index (χ2n) is 7.32. The van der Waals surface area contributed by atoms with Crippen LogP contribution in [0.15, 0.2) is 77.7 Å². The molecule has 0 saturated carbocycles. The number of para-hydroxylation sites is 1. The molecular weight excluding hydrogens is 404 g/mol. The molecule has 0 radical (unpaired) electrons. The Labute approximate surface area is 188 Å².